The standard InChI is InChI=1S/C22H23NO4/c1-12-13(22(24)25)10-11-16-14-6-4-7-15(14)20(23-19(12)16)17-8-5-9-18(26-2)21(17)27-3/h4-6,8-11,14-15,20,23H,7H2,1-3H3,(H,24,25). The van der Waals surface area contributed by atoms with Crippen molar-refractivity contribution >= 4 is 11.7 Å². The molecule has 5 nitrogen and oxygen atoms in total. The topological polar surface area (TPSA) is 67.8 Å². The van der Waals surface area contributed by atoms with Crippen LogP contribution in [0.15, 0.2) is 42.5 Å². The first-order chi connectivity index (χ1) is 13.1. The molecular formula is C22H23NO4. The van der Waals surface area contributed by atoms with Crippen molar-refractivity contribution in [2.24, 2.45) is 5.92 Å². The molecule has 2 aromatic carbocycles. The monoisotopic (exact) mass is 365 g/mol. The SMILES string of the molecule is COc1cccc(C2Nc3c(ccc(C(=O)O)c3C)C3C=CCC32)c1OC. The molecule has 27 heavy (non-hydrogen) atoms. The van der Waals surface area contributed by atoms with Crippen LogP contribution in [0.5, 0.6) is 11.5 Å². The minimum atomic E-state index is -0.906. The molecule has 2 aromatic rings. The maximum atomic E-state index is 11.6. The number of hydrogen-bond donors (Lipinski definition) is 2. The Hall–Kier alpha value is -2.95. The summed E-state index contributed by atoms with van der Waals surface area (Å²) in [6.07, 6.45) is 5.41. The van der Waals surface area contributed by atoms with Crippen LogP contribution in [0.2, 0.25) is 0 Å². The number of nitrogens with one attached hydrogen (secondary N) is 1. The molecule has 3 atom stereocenters. The van der Waals surface area contributed by atoms with Gasteiger partial charge in [0.2, 0.25) is 0 Å². The van der Waals surface area contributed by atoms with E-state index in [9.17, 15) is 9.90 Å². The molecule has 0 spiro atoms. The summed E-state index contributed by atoms with van der Waals surface area (Å²) in [6, 6.07) is 9.57. The lowest BCUT2D eigenvalue weighted by atomic mass is 9.75. The van der Waals surface area contributed by atoms with E-state index in [1.165, 1.54) is 0 Å². The van der Waals surface area contributed by atoms with Gasteiger partial charge in [-0.1, -0.05) is 30.4 Å². The van der Waals surface area contributed by atoms with Crippen LogP contribution in [-0.2, 0) is 0 Å². The Morgan fingerprint density at radius 1 is 1.15 bits per heavy atom. The summed E-state index contributed by atoms with van der Waals surface area (Å²) in [4.78, 5) is 11.6. The lowest BCUT2D eigenvalue weighted by molar-refractivity contribution is 0.0696. The largest absolute Gasteiger partial charge is 0.493 e. The quantitative estimate of drug-likeness (QED) is 0.779. The van der Waals surface area contributed by atoms with Crippen molar-refractivity contribution in [2.45, 2.75) is 25.3 Å². The van der Waals surface area contributed by atoms with Gasteiger partial charge in [-0.05, 0) is 42.5 Å². The third-order valence-electron chi connectivity index (χ3n) is 5.80. The molecule has 1 aliphatic heterocycles. The highest BCUT2D eigenvalue weighted by Gasteiger charge is 2.40. The van der Waals surface area contributed by atoms with Crippen molar-refractivity contribution in [3.05, 3.63) is 64.7 Å². The number of carbonyl (C=O) groups is 1. The van der Waals surface area contributed by atoms with Gasteiger partial charge >= 0.3 is 5.97 Å². The van der Waals surface area contributed by atoms with E-state index in [2.05, 4.69) is 23.5 Å². The maximum Gasteiger partial charge on any atom is 0.336 e. The summed E-state index contributed by atoms with van der Waals surface area (Å²) < 4.78 is 11.1. The molecule has 4 rings (SSSR count). The zero-order valence-corrected chi connectivity index (χ0v) is 15.7. The van der Waals surface area contributed by atoms with Gasteiger partial charge in [0, 0.05) is 17.2 Å². The van der Waals surface area contributed by atoms with Gasteiger partial charge < -0.3 is 19.9 Å². The number of aromatic carboxylic acids is 1. The third kappa shape index (κ3) is 2.65. The van der Waals surface area contributed by atoms with Crippen LogP contribution in [-0.4, -0.2) is 25.3 Å². The molecule has 0 saturated heterocycles. The van der Waals surface area contributed by atoms with Crippen LogP contribution >= 0.6 is 0 Å². The molecule has 2 N–H and O–H groups in total. The Morgan fingerprint density at radius 2 is 1.96 bits per heavy atom. The second kappa shape index (κ2) is 6.65. The van der Waals surface area contributed by atoms with E-state index in [-0.39, 0.29) is 12.0 Å². The number of methoxy groups -OCH3 is 2. The molecule has 140 valence electrons. The average molecular weight is 365 g/mol. The number of fused-ring (bicyclic) bond motifs is 3. The molecule has 3 unspecified atom stereocenters. The van der Waals surface area contributed by atoms with Gasteiger partial charge in [-0.25, -0.2) is 4.79 Å². The Bertz CT molecular complexity index is 934. The van der Waals surface area contributed by atoms with Crippen LogP contribution in [0.1, 0.15) is 45.4 Å². The minimum absolute atomic E-state index is 0.00490. The number of carboxylic acids is 1. The molecule has 0 saturated carbocycles. The summed E-state index contributed by atoms with van der Waals surface area (Å²) in [5.41, 5.74) is 4.21. The van der Waals surface area contributed by atoms with Gasteiger partial charge in [-0.2, -0.15) is 0 Å². The number of benzene rings is 2. The lowest BCUT2D eigenvalue weighted by Crippen LogP contribution is -2.30. The first kappa shape index (κ1) is 17.5. The fraction of sp³-hybridized carbons (Fsp3) is 0.318. The number of anilines is 1. The van der Waals surface area contributed by atoms with Crippen molar-refractivity contribution in [1.82, 2.24) is 0 Å². The zero-order chi connectivity index (χ0) is 19.1. The summed E-state index contributed by atoms with van der Waals surface area (Å²) in [5, 5.41) is 13.1. The van der Waals surface area contributed by atoms with E-state index < -0.39 is 5.97 Å². The lowest BCUT2D eigenvalue weighted by Gasteiger charge is -2.39. The van der Waals surface area contributed by atoms with Gasteiger partial charge in [-0.3, -0.25) is 0 Å². The van der Waals surface area contributed by atoms with Gasteiger partial charge in [0.05, 0.1) is 25.8 Å². The highest BCUT2D eigenvalue weighted by atomic mass is 16.5. The van der Waals surface area contributed by atoms with Crippen molar-refractivity contribution in [1.29, 1.82) is 0 Å². The van der Waals surface area contributed by atoms with Crippen LogP contribution in [0.25, 0.3) is 0 Å². The number of ether oxygens (including phenoxy) is 2. The Kier molecular flexibility index (Phi) is 4.30. The molecule has 1 aliphatic carbocycles. The molecular weight excluding hydrogens is 342 g/mol. The van der Waals surface area contributed by atoms with Crippen molar-refractivity contribution in [2.75, 3.05) is 19.5 Å². The smallest absolute Gasteiger partial charge is 0.336 e. The van der Waals surface area contributed by atoms with Crippen molar-refractivity contribution in [3.8, 4) is 11.5 Å². The van der Waals surface area contributed by atoms with E-state index in [4.69, 9.17) is 9.47 Å². The predicted octanol–water partition coefficient (Wildman–Crippen LogP) is 4.54. The van der Waals surface area contributed by atoms with E-state index >= 15 is 0 Å². The number of para-hydroxylation sites is 1. The maximum absolute atomic E-state index is 11.6. The van der Waals surface area contributed by atoms with Gasteiger partial charge in [-0.15, -0.1) is 0 Å². The molecule has 0 radical (unpaired) electrons. The molecule has 2 aliphatic rings. The summed E-state index contributed by atoms with van der Waals surface area (Å²) in [7, 11) is 3.28. The molecule has 0 aromatic heterocycles. The second-order valence-electron chi connectivity index (χ2n) is 7.07. The van der Waals surface area contributed by atoms with E-state index in [1.807, 2.05) is 25.1 Å². The first-order valence-electron chi connectivity index (χ1n) is 9.07. The van der Waals surface area contributed by atoms with E-state index in [0.717, 1.165) is 34.5 Å². The van der Waals surface area contributed by atoms with E-state index in [1.54, 1.807) is 20.3 Å². The number of hydrogen-bond acceptors (Lipinski definition) is 4. The number of allylic oxidation sites excluding steroid dienone is 2. The second-order valence-corrected chi connectivity index (χ2v) is 7.07. The first-order valence-corrected chi connectivity index (χ1v) is 9.07. The highest BCUT2D eigenvalue weighted by molar-refractivity contribution is 5.92. The average Bonchev–Trinajstić information content (AvgIpc) is 3.16. The normalized spacial score (nSPS) is 22.6. The van der Waals surface area contributed by atoms with E-state index in [0.29, 0.717) is 17.2 Å². The fourth-order valence-corrected chi connectivity index (χ4v) is 4.51. The number of carboxylic acid groups (broad SMARTS) is 1. The van der Waals surface area contributed by atoms with Crippen LogP contribution in [0.3, 0.4) is 0 Å². The number of rotatable bonds is 4. The van der Waals surface area contributed by atoms with Crippen LogP contribution in [0.4, 0.5) is 5.69 Å². The van der Waals surface area contributed by atoms with Gasteiger partial charge in [0.1, 0.15) is 0 Å². The molecule has 5 heteroatoms. The minimum Gasteiger partial charge on any atom is -0.493 e. The molecule has 0 bridgehead atoms. The van der Waals surface area contributed by atoms with Crippen LogP contribution < -0.4 is 14.8 Å². The van der Waals surface area contributed by atoms with Crippen LogP contribution in [0, 0.1) is 12.8 Å². The summed E-state index contributed by atoms with van der Waals surface area (Å²) >= 11 is 0. The Labute approximate surface area is 158 Å². The van der Waals surface area contributed by atoms with Gasteiger partial charge in [0.25, 0.3) is 0 Å². The highest BCUT2D eigenvalue weighted by Crippen LogP contribution is 2.53. The third-order valence-corrected chi connectivity index (χ3v) is 5.80. The molecule has 0 fully saturated rings. The van der Waals surface area contributed by atoms with Crippen molar-refractivity contribution < 1.29 is 19.4 Å². The Morgan fingerprint density at radius 3 is 2.67 bits per heavy atom. The fourth-order valence-electron chi connectivity index (χ4n) is 4.51. The Balaban J connectivity index is 1.87. The predicted molar refractivity (Wildman–Crippen MR) is 104 cm³/mol. The molecule has 0 amide bonds. The summed E-state index contributed by atoms with van der Waals surface area (Å²) in [5.74, 6) is 1.11. The zero-order valence-electron chi connectivity index (χ0n) is 15.7. The summed E-state index contributed by atoms with van der Waals surface area (Å²) in [6.45, 7) is 1.87. The van der Waals surface area contributed by atoms with Gasteiger partial charge in [0.15, 0.2) is 11.5 Å². The molecule has 1 heterocycles. The van der Waals surface area contributed by atoms with Crippen molar-refractivity contribution in [3.63, 3.8) is 0 Å².